The van der Waals surface area contributed by atoms with Gasteiger partial charge in [-0.2, -0.15) is 0 Å². The zero-order valence-corrected chi connectivity index (χ0v) is 66.5. The average Bonchev–Trinajstić information content (AvgIpc) is 1.59. The normalized spacial score (nSPS) is 28.3. The lowest BCUT2D eigenvalue weighted by atomic mass is 9.92. The summed E-state index contributed by atoms with van der Waals surface area (Å²) in [6.45, 7) is -1.95. The number of rotatable bonds is 18. The predicted molar refractivity (Wildman–Crippen MR) is 414 cm³/mol. The fourth-order valence-electron chi connectivity index (χ4n) is 12.9. The first kappa shape index (κ1) is 95.6. The number of carboxylic acid groups (broad SMARTS) is 1. The Morgan fingerprint density at radius 1 is 0.608 bits per heavy atom. The molecule has 26 N–H and O–H groups in total. The molecular weight excluding hydrogens is 1650 g/mol. The van der Waals surface area contributed by atoms with Crippen molar-refractivity contribution in [1.29, 1.82) is 0 Å². The number of aliphatic hydroxyl groups excluding tert-OH is 10. The van der Waals surface area contributed by atoms with Gasteiger partial charge in [-0.15, -0.1) is 0 Å². The molecule has 21 atom stereocenters. The largest absolute Gasteiger partial charge is 0.548 e. The highest BCUT2D eigenvalue weighted by Crippen LogP contribution is 2.27. The third kappa shape index (κ3) is 27.2. The number of carbonyl (C=O) groups is 15. The van der Waals surface area contributed by atoms with E-state index >= 15 is 9.59 Å². The molecule has 0 radical (unpaired) electrons. The third-order valence-electron chi connectivity index (χ3n) is 19.7. The summed E-state index contributed by atoms with van der Waals surface area (Å²) in [7, 11) is 0. The predicted octanol–water partition coefficient (Wildman–Crippen LogP) is -11.6. The quantitative estimate of drug-likeness (QED) is 0.0325. The van der Waals surface area contributed by atoms with Crippen LogP contribution in [-0.2, 0) is 96.0 Å². The maximum absolute atomic E-state index is 15.4. The van der Waals surface area contributed by atoms with E-state index in [4.69, 9.17) is 16.2 Å². The number of amides is 14. The van der Waals surface area contributed by atoms with E-state index in [1.807, 2.05) is 10.6 Å². The van der Waals surface area contributed by atoms with Gasteiger partial charge in [0.15, 0.2) is 6.10 Å². The standard InChI is InChI=1S/C76H99BrN16O27/c1-35(17-18-38-11-6-4-7-12-38)23-51(98)44-27-56(102)82-49(31-94)69(112)87-48-30-92-29-42(93(34-92)75-63(106)62(105)60(103)53(33-96)120-75)25-46(66(109)90-58(37(3)97)73(116)88-50(32-95)70(113)85-45(65(108)84-44)24-39-13-8-5-9-14-39)81-55(101)16-10-15-43(76(118)119)83-71(114)52(99)28-80-72(115)57(36(2)40-19-21-41(77)22-20-40)89-74(117)59(61(104)64(79)107)91-67(110)47(26-54(78)100)86-68(48)111/h4-9,11-14,17-23,29,34,36-37,43-53,57-63,75,94-99,103-106H,10,15-16,24-28,30-33H2,1-3H3,(H16-,78,79,80,81,82,83,84,85,86,87,88,89,90,91,100,101,102,107,108,109,110,111,112,113,114,115,116,117,118,119)/b18-17+,35-23+/t36-,37-,43-,44-,45-,46-,47-,48+,49-,50-,51-,52+,53+,57-,58-,59-,60-,61+,62-,63+,75?/m0/s1. The van der Waals surface area contributed by atoms with Crippen LogP contribution in [0, 0.1) is 0 Å². The zero-order chi connectivity index (χ0) is 88.5. The molecule has 4 bridgehead atoms. The maximum atomic E-state index is 15.4. The van der Waals surface area contributed by atoms with E-state index in [0.29, 0.717) is 21.2 Å². The second-order valence-corrected chi connectivity index (χ2v) is 29.8. The number of benzene rings is 3. The molecule has 0 spiro atoms. The number of allylic oxidation sites excluding steroid dienone is 2. The van der Waals surface area contributed by atoms with E-state index in [0.717, 1.165) is 28.6 Å². The molecule has 7 rings (SSSR count). The second kappa shape index (κ2) is 45.0. The number of β-amino-alcohol motifs (C(OH)–C–C–N with tert-alkyl or cyclic N) is 1. The Hall–Kier alpha value is -11.6. The van der Waals surface area contributed by atoms with Gasteiger partial charge in [-0.1, -0.05) is 119 Å². The van der Waals surface area contributed by atoms with Gasteiger partial charge in [0.1, 0.15) is 103 Å². The number of aliphatic hydroxyl groups is 10. The number of aliphatic carboxylic acids is 1. The van der Waals surface area contributed by atoms with Crippen molar-refractivity contribution in [3.05, 3.63) is 142 Å². The Morgan fingerprint density at radius 3 is 1.80 bits per heavy atom. The van der Waals surface area contributed by atoms with E-state index in [1.165, 1.54) is 49.4 Å². The molecule has 0 saturated carbocycles. The van der Waals surface area contributed by atoms with E-state index in [-0.39, 0.29) is 5.56 Å². The van der Waals surface area contributed by atoms with Crippen LogP contribution in [0.5, 0.6) is 0 Å². The molecule has 1 saturated heterocycles. The van der Waals surface area contributed by atoms with E-state index in [1.54, 1.807) is 67.6 Å². The maximum Gasteiger partial charge on any atom is 0.251 e. The smallest absolute Gasteiger partial charge is 0.251 e. The van der Waals surface area contributed by atoms with Gasteiger partial charge in [0.05, 0.1) is 63.0 Å². The van der Waals surface area contributed by atoms with Gasteiger partial charge in [0.2, 0.25) is 89.3 Å². The Bertz CT molecular complexity index is 4390. The number of hydrogen-bond donors (Lipinski definition) is 24. The summed E-state index contributed by atoms with van der Waals surface area (Å²) >= 11 is 3.28. The molecule has 0 aliphatic carbocycles. The molecule has 120 heavy (non-hydrogen) atoms. The molecule has 14 amide bonds. The molecule has 652 valence electrons. The van der Waals surface area contributed by atoms with Crippen LogP contribution in [0.15, 0.2) is 120 Å². The van der Waals surface area contributed by atoms with Crippen LogP contribution in [0.1, 0.15) is 87.4 Å². The van der Waals surface area contributed by atoms with Crippen LogP contribution >= 0.6 is 15.9 Å². The van der Waals surface area contributed by atoms with Crippen molar-refractivity contribution in [2.24, 2.45) is 11.5 Å². The summed E-state index contributed by atoms with van der Waals surface area (Å²) in [5.41, 5.74) is 12.4. The molecule has 1 unspecified atom stereocenters. The number of ether oxygens (including phenoxy) is 1. The number of carboxylic acids is 1. The van der Waals surface area contributed by atoms with Crippen molar-refractivity contribution in [3.8, 4) is 0 Å². The van der Waals surface area contributed by atoms with Crippen LogP contribution in [0.3, 0.4) is 0 Å². The molecular formula is C76H99BrN16O27. The van der Waals surface area contributed by atoms with Gasteiger partial charge in [0.25, 0.3) is 5.91 Å². The van der Waals surface area contributed by atoms with Crippen molar-refractivity contribution in [1.82, 2.24) is 68.4 Å². The van der Waals surface area contributed by atoms with Gasteiger partial charge < -0.3 is 141 Å². The lowest BCUT2D eigenvalue weighted by Crippen LogP contribution is -2.64. The Balaban J connectivity index is 1.45. The summed E-state index contributed by atoms with van der Waals surface area (Å²) in [4.78, 5) is 214. The van der Waals surface area contributed by atoms with Gasteiger partial charge in [-0.05, 0) is 55.5 Å². The number of nitrogens with one attached hydrogen (secondary N) is 12. The summed E-state index contributed by atoms with van der Waals surface area (Å²) in [5.74, 6) is -23.2. The Kier molecular flexibility index (Phi) is 35.9. The number of nitrogens with two attached hydrogens (primary N) is 2. The molecule has 3 aliphatic rings. The van der Waals surface area contributed by atoms with Gasteiger partial charge in [-0.3, -0.25) is 67.1 Å². The molecule has 4 heterocycles. The fraction of sp³-hybridized carbons (Fsp3) is 0.474. The zero-order valence-electron chi connectivity index (χ0n) is 64.9. The monoisotopic (exact) mass is 1750 g/mol. The van der Waals surface area contributed by atoms with Crippen molar-refractivity contribution in [2.45, 2.75) is 200 Å². The first-order valence-electron chi connectivity index (χ1n) is 37.7. The number of fused-ring (bicyclic) bond motifs is 2. The minimum absolute atomic E-state index is 0.279. The third-order valence-corrected chi connectivity index (χ3v) is 20.2. The molecule has 44 heteroatoms. The fourth-order valence-corrected chi connectivity index (χ4v) is 13.2. The van der Waals surface area contributed by atoms with E-state index < -0.39 is 300 Å². The van der Waals surface area contributed by atoms with Gasteiger partial charge in [-0.25, -0.2) is 9.13 Å². The molecule has 3 aliphatic heterocycles. The number of aromatic nitrogens is 2. The number of hydrogen-bond acceptors (Lipinski definition) is 27. The number of nitrogens with zero attached hydrogens (tertiary/aromatic N) is 2. The first-order valence-corrected chi connectivity index (χ1v) is 38.5. The lowest BCUT2D eigenvalue weighted by Gasteiger charge is -2.38. The van der Waals surface area contributed by atoms with E-state index in [9.17, 15) is 119 Å². The van der Waals surface area contributed by atoms with Crippen molar-refractivity contribution in [2.75, 3.05) is 26.4 Å². The number of primary amides is 2. The molecule has 1 fully saturated rings. The van der Waals surface area contributed by atoms with E-state index in [2.05, 4.69) is 69.1 Å². The summed E-state index contributed by atoms with van der Waals surface area (Å²) in [6.07, 6.45) is -18.7. The number of carbonyl (C=O) groups excluding carboxylic acids is 15. The van der Waals surface area contributed by atoms with Gasteiger partial charge >= 0.3 is 0 Å². The highest BCUT2D eigenvalue weighted by atomic mass is 79.9. The lowest BCUT2D eigenvalue weighted by molar-refractivity contribution is -0.783. The van der Waals surface area contributed by atoms with Crippen LogP contribution in [0.2, 0.25) is 0 Å². The average molecular weight is 1750 g/mol. The Labute approximate surface area is 693 Å². The SMILES string of the molecule is CC(/C=C/c1ccccc1)=C\[C@H](O)[C@@H]1CC(=O)N[C@@H](CO)C(=O)N[C@@H]2Cn3cc([n+](C4O[C@H](CO)[C@H](O)[C@H](O)[C@H]4O)c3)C[C@H](NC(=O)CCC[C@@H](C(=O)[O-])NC(=O)[C@H](O)CNC(=O)[C@H]([C@@H](C)c3ccc(Br)cc3)NC(=O)[C@H]([C@@H](O)C(N)=O)NC(=O)[C@H](CC(N)=O)NC2=O)C(=O)N[C@@H]([C@H](C)O)C(=O)N[C@@H](CO)C(=O)N[C@@H](Cc2ccccc2)C(=O)N1. The molecule has 1 aromatic heterocycles. The summed E-state index contributed by atoms with van der Waals surface area (Å²) in [5, 5.41) is 152. The minimum atomic E-state index is -2.77. The van der Waals surface area contributed by atoms with Crippen molar-refractivity contribution >= 4 is 111 Å². The van der Waals surface area contributed by atoms with Crippen LogP contribution in [0.25, 0.3) is 6.08 Å². The minimum Gasteiger partial charge on any atom is -0.548 e. The molecule has 3 aromatic carbocycles. The van der Waals surface area contributed by atoms with Gasteiger partial charge in [0, 0.05) is 36.1 Å². The second-order valence-electron chi connectivity index (χ2n) is 28.9. The highest BCUT2D eigenvalue weighted by Gasteiger charge is 2.49. The van der Waals surface area contributed by atoms with Crippen LogP contribution < -0.4 is 84.9 Å². The molecule has 4 aromatic rings. The van der Waals surface area contributed by atoms with Crippen molar-refractivity contribution in [3.63, 3.8) is 0 Å². The Morgan fingerprint density at radius 2 is 1.18 bits per heavy atom. The summed E-state index contributed by atoms with van der Waals surface area (Å²) in [6, 6.07) is -0.835. The van der Waals surface area contributed by atoms with Crippen molar-refractivity contribution < 1.29 is 137 Å². The molecule has 43 nitrogen and oxygen atoms in total. The number of halogens is 1. The first-order chi connectivity index (χ1) is 56.8. The van der Waals surface area contributed by atoms with Crippen LogP contribution in [-0.4, -0.2) is 286 Å². The number of imidazole rings is 1. The van der Waals surface area contributed by atoms with Crippen LogP contribution in [0.4, 0.5) is 0 Å². The highest BCUT2D eigenvalue weighted by molar-refractivity contribution is 9.10. The summed E-state index contributed by atoms with van der Waals surface area (Å²) < 4.78 is 8.25. The topological polar surface area (TPSA) is 696 Å².